The second-order valence-corrected chi connectivity index (χ2v) is 10.3. The third-order valence-corrected chi connectivity index (χ3v) is 9.83. The summed E-state index contributed by atoms with van der Waals surface area (Å²) < 4.78 is 0.457. The van der Waals surface area contributed by atoms with E-state index in [4.69, 9.17) is 0 Å². The first-order valence-corrected chi connectivity index (χ1v) is 10.8. The highest BCUT2D eigenvalue weighted by Gasteiger charge is 2.55. The van der Waals surface area contributed by atoms with Crippen LogP contribution in [0.2, 0.25) is 0 Å². The van der Waals surface area contributed by atoms with Crippen LogP contribution in [0.1, 0.15) is 37.7 Å². The lowest BCUT2D eigenvalue weighted by Crippen LogP contribution is -2.48. The van der Waals surface area contributed by atoms with E-state index in [2.05, 4.69) is 47.9 Å². The second kappa shape index (κ2) is 6.36. The molecule has 3 fully saturated rings. The van der Waals surface area contributed by atoms with E-state index in [0.717, 1.165) is 30.4 Å². The Morgan fingerprint density at radius 1 is 1.09 bits per heavy atom. The number of anilines is 1. The van der Waals surface area contributed by atoms with Crippen molar-refractivity contribution >= 4 is 35.1 Å². The number of aryl methyl sites for hydroxylation is 1. The van der Waals surface area contributed by atoms with Crippen LogP contribution in [0.3, 0.4) is 0 Å². The summed E-state index contributed by atoms with van der Waals surface area (Å²) >= 11 is 4.42. The topological polar surface area (TPSA) is 29.1 Å². The van der Waals surface area contributed by atoms with Gasteiger partial charge in [-0.05, 0) is 56.6 Å². The van der Waals surface area contributed by atoms with Crippen LogP contribution in [0.4, 0.5) is 5.69 Å². The average Bonchev–Trinajstić information content (AvgIpc) is 2.99. The number of carbonyl (C=O) groups excluding carboxylic acids is 1. The molecule has 1 saturated heterocycles. The van der Waals surface area contributed by atoms with Gasteiger partial charge in [-0.25, -0.2) is 0 Å². The Morgan fingerprint density at radius 2 is 1.70 bits per heavy atom. The summed E-state index contributed by atoms with van der Waals surface area (Å²) in [6.07, 6.45) is 6.20. The Hall–Kier alpha value is -0.610. The molecular formula is C19H25NOS2. The van der Waals surface area contributed by atoms with Gasteiger partial charge in [-0.2, -0.15) is 0 Å². The molecule has 2 bridgehead atoms. The number of nitrogens with one attached hydrogen (secondary N) is 1. The van der Waals surface area contributed by atoms with Crippen molar-refractivity contribution in [1.82, 2.24) is 0 Å². The van der Waals surface area contributed by atoms with Crippen molar-refractivity contribution in [1.29, 1.82) is 0 Å². The van der Waals surface area contributed by atoms with Gasteiger partial charge in [0.2, 0.25) is 5.91 Å². The number of thioether (sulfide) groups is 2. The minimum Gasteiger partial charge on any atom is -0.326 e. The Balaban J connectivity index is 1.46. The zero-order chi connectivity index (χ0) is 15.9. The number of benzene rings is 1. The molecule has 1 spiro atoms. The average molecular weight is 348 g/mol. The molecule has 4 heteroatoms. The summed E-state index contributed by atoms with van der Waals surface area (Å²) in [5.41, 5.74) is 2.17. The molecule has 3 aliphatic rings. The molecule has 1 aromatic rings. The molecule has 0 aromatic heterocycles. The summed E-state index contributed by atoms with van der Waals surface area (Å²) in [7, 11) is 0. The molecule has 124 valence electrons. The summed E-state index contributed by atoms with van der Waals surface area (Å²) in [5.74, 6) is 4.53. The summed E-state index contributed by atoms with van der Waals surface area (Å²) in [6.45, 7) is 2.07. The smallest absolute Gasteiger partial charge is 0.227 e. The maximum atomic E-state index is 12.8. The molecule has 1 heterocycles. The van der Waals surface area contributed by atoms with Crippen LogP contribution in [0.5, 0.6) is 0 Å². The van der Waals surface area contributed by atoms with E-state index in [0.29, 0.717) is 4.08 Å². The number of carbonyl (C=O) groups is 1. The van der Waals surface area contributed by atoms with E-state index in [1.807, 2.05) is 12.1 Å². The van der Waals surface area contributed by atoms with Gasteiger partial charge in [0.25, 0.3) is 0 Å². The zero-order valence-electron chi connectivity index (χ0n) is 13.7. The van der Waals surface area contributed by atoms with Crippen molar-refractivity contribution in [3.63, 3.8) is 0 Å². The molecule has 1 N–H and O–H groups in total. The van der Waals surface area contributed by atoms with E-state index in [-0.39, 0.29) is 11.8 Å². The van der Waals surface area contributed by atoms with Crippen molar-refractivity contribution in [2.45, 2.75) is 43.1 Å². The number of amides is 1. The third-order valence-electron chi connectivity index (χ3n) is 5.81. The normalized spacial score (nSPS) is 32.0. The standard InChI is InChI=1S/C19H25NOS2/c1-13-5-7-17(8-6-13)20-18(21)14-11-15-3-2-4-16(12-14)19(15)22-9-10-23-19/h5-8,14-16H,2-4,9-12H2,1H3,(H,20,21)/t15-,16-/m1/s1. The molecule has 2 aliphatic carbocycles. The van der Waals surface area contributed by atoms with Crippen molar-refractivity contribution in [2.24, 2.45) is 17.8 Å². The molecule has 1 aliphatic heterocycles. The molecule has 4 rings (SSSR count). The van der Waals surface area contributed by atoms with Crippen molar-refractivity contribution in [3.05, 3.63) is 29.8 Å². The summed E-state index contributed by atoms with van der Waals surface area (Å²) in [5, 5.41) is 3.15. The lowest BCUT2D eigenvalue weighted by Gasteiger charge is -2.52. The van der Waals surface area contributed by atoms with Gasteiger partial charge in [0, 0.05) is 23.1 Å². The number of hydrogen-bond donors (Lipinski definition) is 1. The first-order valence-electron chi connectivity index (χ1n) is 8.83. The fourth-order valence-electron chi connectivity index (χ4n) is 4.70. The van der Waals surface area contributed by atoms with Crippen molar-refractivity contribution in [3.8, 4) is 0 Å². The minimum atomic E-state index is 0.207. The van der Waals surface area contributed by atoms with Crippen LogP contribution in [-0.2, 0) is 4.79 Å². The van der Waals surface area contributed by atoms with Gasteiger partial charge in [-0.1, -0.05) is 24.1 Å². The molecule has 23 heavy (non-hydrogen) atoms. The molecule has 0 radical (unpaired) electrons. The Labute approximate surface area is 147 Å². The molecule has 2 nitrogen and oxygen atoms in total. The highest BCUT2D eigenvalue weighted by molar-refractivity contribution is 8.21. The van der Waals surface area contributed by atoms with Crippen LogP contribution in [0.25, 0.3) is 0 Å². The van der Waals surface area contributed by atoms with Crippen molar-refractivity contribution in [2.75, 3.05) is 16.8 Å². The van der Waals surface area contributed by atoms with E-state index < -0.39 is 0 Å². The van der Waals surface area contributed by atoms with Gasteiger partial charge in [0.05, 0.1) is 4.08 Å². The molecule has 2 atom stereocenters. The summed E-state index contributed by atoms with van der Waals surface area (Å²) in [4.78, 5) is 12.8. The largest absolute Gasteiger partial charge is 0.326 e. The highest BCUT2D eigenvalue weighted by Crippen LogP contribution is 2.64. The lowest BCUT2D eigenvalue weighted by atomic mass is 9.67. The first-order chi connectivity index (χ1) is 11.2. The maximum absolute atomic E-state index is 12.8. The van der Waals surface area contributed by atoms with Gasteiger partial charge in [-0.3, -0.25) is 4.79 Å². The molecule has 1 aromatic carbocycles. The van der Waals surface area contributed by atoms with Gasteiger partial charge in [0.15, 0.2) is 0 Å². The van der Waals surface area contributed by atoms with Crippen LogP contribution in [0.15, 0.2) is 24.3 Å². The molecule has 2 saturated carbocycles. The lowest BCUT2D eigenvalue weighted by molar-refractivity contribution is -0.122. The Bertz CT molecular complexity index is 564. The Morgan fingerprint density at radius 3 is 2.30 bits per heavy atom. The van der Waals surface area contributed by atoms with Gasteiger partial charge >= 0.3 is 0 Å². The predicted octanol–water partition coefficient (Wildman–Crippen LogP) is 4.94. The zero-order valence-corrected chi connectivity index (χ0v) is 15.3. The first kappa shape index (κ1) is 15.9. The third kappa shape index (κ3) is 2.93. The molecule has 1 amide bonds. The van der Waals surface area contributed by atoms with Crippen LogP contribution >= 0.6 is 23.5 Å². The summed E-state index contributed by atoms with van der Waals surface area (Å²) in [6, 6.07) is 8.15. The quantitative estimate of drug-likeness (QED) is 0.822. The van der Waals surface area contributed by atoms with E-state index in [9.17, 15) is 4.79 Å². The SMILES string of the molecule is Cc1ccc(NC(=O)C2C[C@H]3CCC[C@H](C2)C32SCCS2)cc1. The molecule has 0 unspecified atom stereocenters. The van der Waals surface area contributed by atoms with Crippen LogP contribution in [0, 0.1) is 24.7 Å². The second-order valence-electron chi connectivity index (χ2n) is 7.27. The monoisotopic (exact) mass is 347 g/mol. The fourth-order valence-corrected chi connectivity index (χ4v) is 8.64. The van der Waals surface area contributed by atoms with E-state index >= 15 is 0 Å². The van der Waals surface area contributed by atoms with Gasteiger partial charge in [-0.15, -0.1) is 23.5 Å². The van der Waals surface area contributed by atoms with Crippen LogP contribution < -0.4 is 5.32 Å². The van der Waals surface area contributed by atoms with Crippen molar-refractivity contribution < 1.29 is 4.79 Å². The van der Waals surface area contributed by atoms with Gasteiger partial charge < -0.3 is 5.32 Å². The van der Waals surface area contributed by atoms with E-state index in [1.165, 1.54) is 36.3 Å². The number of rotatable bonds is 2. The number of hydrogen-bond acceptors (Lipinski definition) is 3. The van der Waals surface area contributed by atoms with Gasteiger partial charge in [0.1, 0.15) is 0 Å². The van der Waals surface area contributed by atoms with E-state index in [1.54, 1.807) is 0 Å². The maximum Gasteiger partial charge on any atom is 0.227 e. The minimum absolute atomic E-state index is 0.207. The predicted molar refractivity (Wildman–Crippen MR) is 101 cm³/mol. The molecular weight excluding hydrogens is 322 g/mol. The fraction of sp³-hybridized carbons (Fsp3) is 0.632. The van der Waals surface area contributed by atoms with Crippen LogP contribution in [-0.4, -0.2) is 21.5 Å². The highest BCUT2D eigenvalue weighted by atomic mass is 32.2. The Kier molecular flexibility index (Phi) is 4.39.